The second-order valence-electron chi connectivity index (χ2n) is 1.30. The number of thiazole rings is 1. The monoisotopic (exact) mass is 289 g/mol. The van der Waals surface area contributed by atoms with Crippen LogP contribution < -0.4 is 0 Å². The van der Waals surface area contributed by atoms with Crippen LogP contribution in [0.25, 0.3) is 0 Å². The topological polar surface area (TPSA) is 12.9 Å². The molecule has 0 N–H and O–H groups in total. The summed E-state index contributed by atoms with van der Waals surface area (Å²) in [5, 5.41) is 0.944. The van der Waals surface area contributed by atoms with Gasteiger partial charge < -0.3 is 0 Å². The van der Waals surface area contributed by atoms with Gasteiger partial charge in [0.15, 0.2) is 0 Å². The molecule has 0 spiro atoms. The molecule has 0 saturated heterocycles. The molecule has 1 heterocycles. The molecule has 0 aliphatic rings. The van der Waals surface area contributed by atoms with Gasteiger partial charge in [0.05, 0.1) is 6.20 Å². The summed E-state index contributed by atoms with van der Waals surface area (Å²) in [6, 6.07) is 0. The number of alkyl halides is 2. The van der Waals surface area contributed by atoms with E-state index in [-0.39, 0.29) is 3.74 Å². The molecule has 1 aromatic rings. The second-order valence-corrected chi connectivity index (χ2v) is 6.06. The van der Waals surface area contributed by atoms with Crippen molar-refractivity contribution in [3.63, 3.8) is 0 Å². The summed E-state index contributed by atoms with van der Waals surface area (Å²) in [4.78, 5) is 4.01. The van der Waals surface area contributed by atoms with Gasteiger partial charge in [-0.1, -0.05) is 43.5 Å². The number of halogens is 3. The molecule has 0 atom stereocenters. The van der Waals surface area contributed by atoms with E-state index >= 15 is 0 Å². The molecule has 0 aliphatic heterocycles. The first-order valence-electron chi connectivity index (χ1n) is 2.09. The van der Waals surface area contributed by atoms with Crippen molar-refractivity contribution in [2.24, 2.45) is 0 Å². The highest BCUT2D eigenvalue weighted by Gasteiger charge is 2.05. The predicted octanol–water partition coefficient (Wildman–Crippen LogP) is 3.58. The van der Waals surface area contributed by atoms with Crippen molar-refractivity contribution in [2.45, 2.75) is 3.74 Å². The van der Waals surface area contributed by atoms with Crippen molar-refractivity contribution >= 4 is 54.8 Å². The Hall–Kier alpha value is 0.880. The molecule has 0 bridgehead atoms. The van der Waals surface area contributed by atoms with Crippen molar-refractivity contribution in [1.82, 2.24) is 4.98 Å². The van der Waals surface area contributed by atoms with Crippen LogP contribution in [0.2, 0.25) is 4.34 Å². The van der Waals surface area contributed by atoms with Gasteiger partial charge in [0.1, 0.15) is 13.1 Å². The van der Waals surface area contributed by atoms with Gasteiger partial charge in [-0.05, 0) is 0 Å². The van der Waals surface area contributed by atoms with Crippen LogP contribution in [0.3, 0.4) is 0 Å². The quantitative estimate of drug-likeness (QED) is 0.721. The summed E-state index contributed by atoms with van der Waals surface area (Å²) >= 11 is 13.7. The fourth-order valence-electron chi connectivity index (χ4n) is 0.368. The Labute approximate surface area is 78.7 Å². The maximum atomic E-state index is 5.62. The van der Waals surface area contributed by atoms with Crippen molar-refractivity contribution in [3.05, 3.63) is 15.5 Å². The summed E-state index contributed by atoms with van der Waals surface area (Å²) in [5.41, 5.74) is 0. The Bertz CT molecular complexity index is 200. The average molecular weight is 291 g/mol. The van der Waals surface area contributed by atoms with Crippen molar-refractivity contribution in [2.75, 3.05) is 0 Å². The maximum absolute atomic E-state index is 5.62. The van der Waals surface area contributed by atoms with Crippen LogP contribution in [0.5, 0.6) is 0 Å². The third kappa shape index (κ3) is 2.18. The number of hydrogen-bond acceptors (Lipinski definition) is 2. The van der Waals surface area contributed by atoms with E-state index in [9.17, 15) is 0 Å². The standard InChI is InChI=1S/C4H2Br2ClNS/c5-3(6)4-8-1-2(7)9-4/h1,3H. The first kappa shape index (κ1) is 7.98. The van der Waals surface area contributed by atoms with Crippen LogP contribution in [-0.2, 0) is 0 Å². The van der Waals surface area contributed by atoms with Gasteiger partial charge in [-0.3, -0.25) is 0 Å². The Morgan fingerprint density at radius 1 is 1.67 bits per heavy atom. The fourth-order valence-corrected chi connectivity index (χ4v) is 1.95. The molecule has 0 aliphatic carbocycles. The molecular weight excluding hydrogens is 289 g/mol. The van der Waals surface area contributed by atoms with Crippen LogP contribution in [0, 0.1) is 0 Å². The molecule has 0 radical (unpaired) electrons. The van der Waals surface area contributed by atoms with E-state index in [1.165, 1.54) is 11.3 Å². The van der Waals surface area contributed by atoms with Gasteiger partial charge in [-0.15, -0.1) is 11.3 Å². The van der Waals surface area contributed by atoms with E-state index in [4.69, 9.17) is 11.6 Å². The minimum atomic E-state index is 0.127. The zero-order valence-corrected chi connectivity index (χ0v) is 8.89. The minimum Gasteiger partial charge on any atom is -0.246 e. The molecule has 5 heteroatoms. The lowest BCUT2D eigenvalue weighted by molar-refractivity contribution is 1.27. The van der Waals surface area contributed by atoms with Crippen molar-refractivity contribution in [1.29, 1.82) is 0 Å². The molecule has 0 saturated carbocycles. The summed E-state index contributed by atoms with van der Waals surface area (Å²) < 4.78 is 0.844. The average Bonchev–Trinajstić information content (AvgIpc) is 2.14. The Balaban J connectivity index is 2.85. The molecule has 1 nitrogen and oxygen atoms in total. The first-order chi connectivity index (χ1) is 4.20. The zero-order chi connectivity index (χ0) is 6.85. The molecule has 1 aromatic heterocycles. The van der Waals surface area contributed by atoms with Crippen molar-refractivity contribution < 1.29 is 0 Å². The lowest BCUT2D eigenvalue weighted by atomic mass is 10.8. The zero-order valence-electron chi connectivity index (χ0n) is 4.14. The Kier molecular flexibility index (Phi) is 2.95. The molecule has 1 rings (SSSR count). The smallest absolute Gasteiger partial charge is 0.121 e. The van der Waals surface area contributed by atoms with E-state index < -0.39 is 0 Å². The van der Waals surface area contributed by atoms with Gasteiger partial charge in [-0.25, -0.2) is 4.98 Å². The molecule has 0 amide bonds. The van der Waals surface area contributed by atoms with Crippen LogP contribution in [-0.4, -0.2) is 4.98 Å². The van der Waals surface area contributed by atoms with Crippen molar-refractivity contribution in [3.8, 4) is 0 Å². The molecule has 0 unspecified atom stereocenters. The maximum Gasteiger partial charge on any atom is 0.121 e. The van der Waals surface area contributed by atoms with Crippen LogP contribution in [0.1, 0.15) is 8.74 Å². The minimum absolute atomic E-state index is 0.127. The van der Waals surface area contributed by atoms with E-state index in [0.29, 0.717) is 4.34 Å². The van der Waals surface area contributed by atoms with Gasteiger partial charge >= 0.3 is 0 Å². The van der Waals surface area contributed by atoms with Gasteiger partial charge in [0, 0.05) is 0 Å². The van der Waals surface area contributed by atoms with Crippen LogP contribution >= 0.6 is 54.8 Å². The first-order valence-corrected chi connectivity index (χ1v) is 5.12. The SMILES string of the molecule is Clc1cnc(C(Br)Br)s1. The summed E-state index contributed by atoms with van der Waals surface area (Å²) in [7, 11) is 0. The second kappa shape index (κ2) is 3.32. The number of rotatable bonds is 1. The molecular formula is C4H2Br2ClNS. The van der Waals surface area contributed by atoms with E-state index in [2.05, 4.69) is 36.8 Å². The molecule has 0 aromatic carbocycles. The summed E-state index contributed by atoms with van der Waals surface area (Å²) in [5.74, 6) is 0. The summed E-state index contributed by atoms with van der Waals surface area (Å²) in [6.45, 7) is 0. The summed E-state index contributed by atoms with van der Waals surface area (Å²) in [6.07, 6.45) is 1.64. The van der Waals surface area contributed by atoms with Gasteiger partial charge in [0.2, 0.25) is 0 Å². The highest BCUT2D eigenvalue weighted by molar-refractivity contribution is 9.24. The third-order valence-corrected chi connectivity index (χ3v) is 3.34. The highest BCUT2D eigenvalue weighted by Crippen LogP contribution is 2.33. The molecule has 0 fully saturated rings. The molecule has 9 heavy (non-hydrogen) atoms. The van der Waals surface area contributed by atoms with Crippen LogP contribution in [0.15, 0.2) is 6.20 Å². The highest BCUT2D eigenvalue weighted by atomic mass is 79.9. The molecule has 50 valence electrons. The lowest BCUT2D eigenvalue weighted by Crippen LogP contribution is -1.72. The fraction of sp³-hybridized carbons (Fsp3) is 0.250. The van der Waals surface area contributed by atoms with E-state index in [1.54, 1.807) is 6.20 Å². The van der Waals surface area contributed by atoms with E-state index in [0.717, 1.165) is 5.01 Å². The largest absolute Gasteiger partial charge is 0.246 e. The van der Waals surface area contributed by atoms with Crippen LogP contribution in [0.4, 0.5) is 0 Å². The lowest BCUT2D eigenvalue weighted by Gasteiger charge is -1.89. The normalized spacial score (nSPS) is 10.7. The third-order valence-electron chi connectivity index (χ3n) is 0.682. The van der Waals surface area contributed by atoms with Gasteiger partial charge in [0.25, 0.3) is 0 Å². The number of nitrogens with zero attached hydrogens (tertiary/aromatic N) is 1. The predicted molar refractivity (Wildman–Crippen MR) is 47.7 cm³/mol. The van der Waals surface area contributed by atoms with Gasteiger partial charge in [-0.2, -0.15) is 0 Å². The Morgan fingerprint density at radius 2 is 2.33 bits per heavy atom. The number of aromatic nitrogens is 1. The number of hydrogen-bond donors (Lipinski definition) is 0. The Morgan fingerprint density at radius 3 is 2.56 bits per heavy atom. The van der Waals surface area contributed by atoms with E-state index in [1.807, 2.05) is 0 Å².